The van der Waals surface area contributed by atoms with E-state index in [9.17, 15) is 0 Å². The fraction of sp³-hybridized carbons (Fsp3) is 0.375. The molecule has 0 unspecified atom stereocenters. The van der Waals surface area contributed by atoms with Crippen molar-refractivity contribution in [1.82, 2.24) is 9.97 Å². The van der Waals surface area contributed by atoms with E-state index in [1.165, 1.54) is 11.1 Å². The second-order valence-corrected chi connectivity index (χ2v) is 5.60. The summed E-state index contributed by atoms with van der Waals surface area (Å²) in [6.07, 6.45) is 3.68. The number of nitrogens with one attached hydrogen (secondary N) is 1. The van der Waals surface area contributed by atoms with E-state index in [1.54, 1.807) is 6.33 Å². The number of rotatable bonds is 4. The summed E-state index contributed by atoms with van der Waals surface area (Å²) in [4.78, 5) is 7.41. The Hall–Kier alpha value is -1.48. The predicted molar refractivity (Wildman–Crippen MR) is 82.8 cm³/mol. The van der Waals surface area contributed by atoms with Crippen LogP contribution in [0.3, 0.4) is 0 Å². The number of aromatic amines is 1. The third-order valence-electron chi connectivity index (χ3n) is 3.16. The van der Waals surface area contributed by atoms with Crippen LogP contribution in [0, 0.1) is 10.6 Å². The van der Waals surface area contributed by atoms with Crippen LogP contribution < -0.4 is 0 Å². The number of H-pyrrole nitrogens is 1. The van der Waals surface area contributed by atoms with Crippen LogP contribution in [-0.4, -0.2) is 9.97 Å². The third kappa shape index (κ3) is 3.29. The van der Waals surface area contributed by atoms with Gasteiger partial charge in [-0.15, -0.1) is 0 Å². The molecule has 1 heterocycles. The molecule has 3 heteroatoms. The Labute approximate surface area is 119 Å². The average molecular weight is 272 g/mol. The molecule has 1 N–H and O–H groups in total. The zero-order valence-corrected chi connectivity index (χ0v) is 12.6. The van der Waals surface area contributed by atoms with Crippen LogP contribution in [0.25, 0.3) is 11.3 Å². The molecule has 100 valence electrons. The van der Waals surface area contributed by atoms with Gasteiger partial charge in [0.25, 0.3) is 0 Å². The first-order valence-electron chi connectivity index (χ1n) is 6.77. The number of hydrogen-bond donors (Lipinski definition) is 1. The van der Waals surface area contributed by atoms with Crippen LogP contribution in [0.2, 0.25) is 0 Å². The molecule has 0 saturated heterocycles. The molecule has 0 bridgehead atoms. The van der Waals surface area contributed by atoms with Gasteiger partial charge in [-0.25, -0.2) is 4.98 Å². The van der Waals surface area contributed by atoms with Gasteiger partial charge in [0, 0.05) is 5.56 Å². The number of nitrogens with zero attached hydrogens (tertiary/aromatic N) is 1. The van der Waals surface area contributed by atoms with E-state index in [2.05, 4.69) is 55.0 Å². The molecule has 0 amide bonds. The molecule has 0 aliphatic rings. The van der Waals surface area contributed by atoms with E-state index in [0.29, 0.717) is 10.6 Å². The molecular formula is C16H20N2S. The highest BCUT2D eigenvalue weighted by Gasteiger charge is 2.07. The minimum atomic E-state index is 0.664. The Balaban J connectivity index is 2.47. The zero-order chi connectivity index (χ0) is 13.8. The van der Waals surface area contributed by atoms with Gasteiger partial charge in [0.05, 0.1) is 12.0 Å². The summed E-state index contributed by atoms with van der Waals surface area (Å²) in [6, 6.07) is 8.68. The van der Waals surface area contributed by atoms with Gasteiger partial charge in [-0.3, -0.25) is 0 Å². The monoisotopic (exact) mass is 272 g/mol. The summed E-state index contributed by atoms with van der Waals surface area (Å²) in [5.41, 5.74) is 4.79. The zero-order valence-electron chi connectivity index (χ0n) is 11.7. The van der Waals surface area contributed by atoms with Crippen molar-refractivity contribution in [2.75, 3.05) is 0 Å². The van der Waals surface area contributed by atoms with Crippen molar-refractivity contribution < 1.29 is 0 Å². The molecule has 2 rings (SSSR count). The lowest BCUT2D eigenvalue weighted by molar-refractivity contribution is 0.647. The molecule has 0 aliphatic carbocycles. The van der Waals surface area contributed by atoms with Gasteiger partial charge >= 0.3 is 0 Å². The maximum Gasteiger partial charge on any atom is 0.133 e. The smallest absolute Gasteiger partial charge is 0.133 e. The third-order valence-corrected chi connectivity index (χ3v) is 3.52. The summed E-state index contributed by atoms with van der Waals surface area (Å²) in [5.74, 6) is 0.664. The van der Waals surface area contributed by atoms with Crippen molar-refractivity contribution in [3.63, 3.8) is 0 Å². The lowest BCUT2D eigenvalue weighted by Crippen LogP contribution is -1.97. The van der Waals surface area contributed by atoms with E-state index >= 15 is 0 Å². The lowest BCUT2D eigenvalue weighted by atomic mass is 9.98. The largest absolute Gasteiger partial charge is 0.346 e. The molecule has 2 aromatic rings. The Kier molecular flexibility index (Phi) is 4.48. The van der Waals surface area contributed by atoms with Gasteiger partial charge < -0.3 is 4.98 Å². The SMILES string of the molecule is CCc1c(-c2cccc(CC(C)C)c2)[nH]cnc1=S. The molecule has 2 nitrogen and oxygen atoms in total. The van der Waals surface area contributed by atoms with Crippen molar-refractivity contribution in [2.45, 2.75) is 33.6 Å². The van der Waals surface area contributed by atoms with E-state index in [0.717, 1.165) is 24.1 Å². The standard InChI is InChI=1S/C16H20N2S/c1-4-14-15(17-10-18-16(14)19)13-7-5-6-12(9-13)8-11(2)3/h5-7,9-11H,4,8H2,1-3H3,(H,17,18,19). The highest BCUT2D eigenvalue weighted by Crippen LogP contribution is 2.23. The van der Waals surface area contributed by atoms with Crippen molar-refractivity contribution >= 4 is 12.2 Å². The highest BCUT2D eigenvalue weighted by molar-refractivity contribution is 7.71. The Morgan fingerprint density at radius 2 is 2.11 bits per heavy atom. The summed E-state index contributed by atoms with van der Waals surface area (Å²) in [6.45, 7) is 6.59. The quantitative estimate of drug-likeness (QED) is 0.826. The van der Waals surface area contributed by atoms with E-state index in [1.807, 2.05) is 0 Å². The highest BCUT2D eigenvalue weighted by atomic mass is 32.1. The van der Waals surface area contributed by atoms with E-state index in [4.69, 9.17) is 12.2 Å². The van der Waals surface area contributed by atoms with Crippen molar-refractivity contribution in [3.8, 4) is 11.3 Å². The fourth-order valence-corrected chi connectivity index (χ4v) is 2.64. The Morgan fingerprint density at radius 1 is 1.32 bits per heavy atom. The van der Waals surface area contributed by atoms with Gasteiger partial charge in [-0.05, 0) is 36.0 Å². The molecule has 0 saturated carbocycles. The summed E-state index contributed by atoms with van der Waals surface area (Å²) >= 11 is 5.31. The van der Waals surface area contributed by atoms with Gasteiger partial charge in [-0.2, -0.15) is 0 Å². The summed E-state index contributed by atoms with van der Waals surface area (Å²) in [5, 5.41) is 0. The van der Waals surface area contributed by atoms with E-state index < -0.39 is 0 Å². The first kappa shape index (κ1) is 13.9. The Bertz CT molecular complexity index is 614. The van der Waals surface area contributed by atoms with Crippen molar-refractivity contribution in [1.29, 1.82) is 0 Å². The molecule has 0 atom stereocenters. The van der Waals surface area contributed by atoms with Crippen LogP contribution >= 0.6 is 12.2 Å². The summed E-state index contributed by atoms with van der Waals surface area (Å²) < 4.78 is 0.700. The van der Waals surface area contributed by atoms with Crippen LogP contribution in [0.1, 0.15) is 31.9 Å². The minimum absolute atomic E-state index is 0.664. The molecule has 0 spiro atoms. The second kappa shape index (κ2) is 6.11. The molecule has 1 aromatic carbocycles. The predicted octanol–water partition coefficient (Wildman–Crippen LogP) is 4.57. The number of aromatic nitrogens is 2. The van der Waals surface area contributed by atoms with Crippen LogP contribution in [0.15, 0.2) is 30.6 Å². The molecule has 0 fully saturated rings. The first-order valence-corrected chi connectivity index (χ1v) is 7.18. The maximum absolute atomic E-state index is 5.31. The molecule has 1 aromatic heterocycles. The number of benzene rings is 1. The summed E-state index contributed by atoms with van der Waals surface area (Å²) in [7, 11) is 0. The first-order chi connectivity index (χ1) is 9.11. The second-order valence-electron chi connectivity index (χ2n) is 5.21. The average Bonchev–Trinajstić information content (AvgIpc) is 2.38. The number of hydrogen-bond acceptors (Lipinski definition) is 2. The van der Waals surface area contributed by atoms with Gasteiger partial charge in [0.1, 0.15) is 4.64 Å². The van der Waals surface area contributed by atoms with Gasteiger partial charge in [0.15, 0.2) is 0 Å². The molecule has 19 heavy (non-hydrogen) atoms. The fourth-order valence-electron chi connectivity index (χ4n) is 2.34. The van der Waals surface area contributed by atoms with Crippen LogP contribution in [0.4, 0.5) is 0 Å². The van der Waals surface area contributed by atoms with Gasteiger partial charge in [-0.1, -0.05) is 51.2 Å². The molecule has 0 radical (unpaired) electrons. The normalized spacial score (nSPS) is 10.9. The Morgan fingerprint density at radius 3 is 2.79 bits per heavy atom. The lowest BCUT2D eigenvalue weighted by Gasteiger charge is -2.10. The maximum atomic E-state index is 5.31. The van der Waals surface area contributed by atoms with E-state index in [-0.39, 0.29) is 0 Å². The van der Waals surface area contributed by atoms with Gasteiger partial charge in [0.2, 0.25) is 0 Å². The topological polar surface area (TPSA) is 28.7 Å². The molecular weight excluding hydrogens is 252 g/mol. The van der Waals surface area contributed by atoms with Crippen LogP contribution in [-0.2, 0) is 12.8 Å². The van der Waals surface area contributed by atoms with Crippen molar-refractivity contribution in [2.24, 2.45) is 5.92 Å². The molecule has 0 aliphatic heterocycles. The minimum Gasteiger partial charge on any atom is -0.346 e. The van der Waals surface area contributed by atoms with Crippen LogP contribution in [0.5, 0.6) is 0 Å². The van der Waals surface area contributed by atoms with Crippen molar-refractivity contribution in [3.05, 3.63) is 46.4 Å².